The molecule has 0 spiro atoms. The van der Waals surface area contributed by atoms with Crippen LogP contribution < -0.4 is 11.1 Å². The predicted octanol–water partition coefficient (Wildman–Crippen LogP) is 1.68. The van der Waals surface area contributed by atoms with E-state index in [-0.39, 0.29) is 33.3 Å². The first-order valence-corrected chi connectivity index (χ1v) is 9.57. The van der Waals surface area contributed by atoms with Gasteiger partial charge in [0.1, 0.15) is 17.2 Å². The van der Waals surface area contributed by atoms with Crippen molar-refractivity contribution in [1.29, 1.82) is 0 Å². The van der Waals surface area contributed by atoms with E-state index in [4.69, 9.17) is 10.5 Å². The standard InChI is InChI=1S/C16H18N6O8S/c1-4-5-30-16(25)10-7(2)12(13(17)24)31-15(10)18-9(23)6-20-8(3)11(21(26)27)14(19-20)22(28)29/h4-6H2,1-3H3,(H2,17,24)(H,18,23). The first kappa shape index (κ1) is 23.4. The van der Waals surface area contributed by atoms with Crippen LogP contribution in [0, 0.1) is 34.1 Å². The molecule has 2 aromatic heterocycles. The quantitative estimate of drug-likeness (QED) is 0.321. The normalized spacial score (nSPS) is 10.5. The van der Waals surface area contributed by atoms with Crippen LogP contribution in [0.5, 0.6) is 0 Å². The Morgan fingerprint density at radius 2 is 1.87 bits per heavy atom. The summed E-state index contributed by atoms with van der Waals surface area (Å²) in [5, 5.41) is 28.0. The van der Waals surface area contributed by atoms with E-state index >= 15 is 0 Å². The Bertz CT molecular complexity index is 1090. The Labute approximate surface area is 178 Å². The molecular formula is C16H18N6O8S. The van der Waals surface area contributed by atoms with Crippen molar-refractivity contribution >= 4 is 45.6 Å². The third-order valence-electron chi connectivity index (χ3n) is 4.07. The smallest absolute Gasteiger partial charge is 0.462 e. The maximum Gasteiger partial charge on any atom is 0.468 e. The van der Waals surface area contributed by atoms with Gasteiger partial charge in [0.15, 0.2) is 0 Å². The number of nitrogens with zero attached hydrogens (tertiary/aromatic N) is 4. The molecule has 0 fully saturated rings. The van der Waals surface area contributed by atoms with Crippen molar-refractivity contribution in [3.8, 4) is 0 Å². The van der Waals surface area contributed by atoms with Crippen molar-refractivity contribution < 1.29 is 29.0 Å². The maximum absolute atomic E-state index is 12.5. The molecule has 3 N–H and O–H groups in total. The van der Waals surface area contributed by atoms with Gasteiger partial charge in [-0.05, 0) is 30.8 Å². The number of carbonyl (C=O) groups is 3. The summed E-state index contributed by atoms with van der Waals surface area (Å²) in [4.78, 5) is 56.7. The van der Waals surface area contributed by atoms with Crippen molar-refractivity contribution in [2.24, 2.45) is 5.73 Å². The van der Waals surface area contributed by atoms with E-state index in [2.05, 4.69) is 10.4 Å². The van der Waals surface area contributed by atoms with Gasteiger partial charge in [-0.1, -0.05) is 6.92 Å². The second-order valence-corrected chi connectivity index (χ2v) is 7.26. The average molecular weight is 454 g/mol. The summed E-state index contributed by atoms with van der Waals surface area (Å²) in [6, 6.07) is 0. The molecule has 0 atom stereocenters. The monoisotopic (exact) mass is 454 g/mol. The second kappa shape index (κ2) is 9.29. The average Bonchev–Trinajstić information content (AvgIpc) is 3.17. The summed E-state index contributed by atoms with van der Waals surface area (Å²) in [5.74, 6) is -3.36. The SMILES string of the molecule is CCCOC(=O)c1c(NC(=O)Cn2nc([N+](=O)[O-])c([N+](=O)[O-])c2C)sc(C(N)=O)c1C. The van der Waals surface area contributed by atoms with Gasteiger partial charge in [-0.2, -0.15) is 4.68 Å². The molecule has 0 saturated heterocycles. The second-order valence-electron chi connectivity index (χ2n) is 6.24. The predicted molar refractivity (Wildman–Crippen MR) is 107 cm³/mol. The van der Waals surface area contributed by atoms with Gasteiger partial charge in [-0.3, -0.25) is 19.7 Å². The number of amides is 2. The number of carbonyl (C=O) groups excluding carboxylic acids is 3. The number of aromatic nitrogens is 2. The Morgan fingerprint density at radius 1 is 1.23 bits per heavy atom. The molecule has 2 heterocycles. The number of nitrogens with one attached hydrogen (secondary N) is 1. The summed E-state index contributed by atoms with van der Waals surface area (Å²) in [7, 11) is 0. The van der Waals surface area contributed by atoms with E-state index in [0.717, 1.165) is 16.0 Å². The number of primary amides is 1. The van der Waals surface area contributed by atoms with Gasteiger partial charge in [0.05, 0.1) is 27.1 Å². The van der Waals surface area contributed by atoms with Crippen molar-refractivity contribution in [1.82, 2.24) is 9.78 Å². The minimum Gasteiger partial charge on any atom is -0.462 e. The van der Waals surface area contributed by atoms with Gasteiger partial charge in [-0.15, -0.1) is 11.3 Å². The molecular weight excluding hydrogens is 436 g/mol. The first-order chi connectivity index (χ1) is 14.5. The van der Waals surface area contributed by atoms with E-state index in [0.29, 0.717) is 6.42 Å². The molecule has 0 aliphatic rings. The van der Waals surface area contributed by atoms with Crippen LogP contribution in [0.2, 0.25) is 0 Å². The van der Waals surface area contributed by atoms with Crippen molar-refractivity contribution in [2.45, 2.75) is 33.7 Å². The van der Waals surface area contributed by atoms with Gasteiger partial charge in [0.25, 0.3) is 5.91 Å². The van der Waals surface area contributed by atoms with Gasteiger partial charge >= 0.3 is 17.5 Å². The Morgan fingerprint density at radius 3 is 2.35 bits per heavy atom. The van der Waals surface area contributed by atoms with Crippen LogP contribution in [0.4, 0.5) is 16.5 Å². The van der Waals surface area contributed by atoms with Gasteiger partial charge in [0, 0.05) is 0 Å². The Kier molecular flexibility index (Phi) is 7.01. The highest BCUT2D eigenvalue weighted by atomic mass is 32.1. The molecule has 15 heteroatoms. The fourth-order valence-corrected chi connectivity index (χ4v) is 3.73. The third-order valence-corrected chi connectivity index (χ3v) is 5.29. The van der Waals surface area contributed by atoms with Crippen LogP contribution in [0.1, 0.15) is 44.6 Å². The number of thiophene rings is 1. The van der Waals surface area contributed by atoms with Crippen LogP contribution in [0.15, 0.2) is 0 Å². The minimum atomic E-state index is -1.02. The van der Waals surface area contributed by atoms with E-state index in [1.54, 1.807) is 6.92 Å². The highest BCUT2D eigenvalue weighted by Crippen LogP contribution is 2.34. The summed E-state index contributed by atoms with van der Waals surface area (Å²) in [6.07, 6.45) is 0.551. The zero-order valence-electron chi connectivity index (χ0n) is 16.7. The molecule has 0 aliphatic carbocycles. The Balaban J connectivity index is 2.36. The maximum atomic E-state index is 12.5. The lowest BCUT2D eigenvalue weighted by Gasteiger charge is -2.07. The molecule has 14 nitrogen and oxygen atoms in total. The van der Waals surface area contributed by atoms with E-state index in [9.17, 15) is 34.6 Å². The summed E-state index contributed by atoms with van der Waals surface area (Å²) in [5.41, 5.74) is 4.47. The number of anilines is 1. The lowest BCUT2D eigenvalue weighted by molar-refractivity contribution is -0.424. The highest BCUT2D eigenvalue weighted by molar-refractivity contribution is 7.18. The number of hydrogen-bond donors (Lipinski definition) is 2. The molecule has 31 heavy (non-hydrogen) atoms. The number of rotatable bonds is 9. The molecule has 0 aromatic carbocycles. The largest absolute Gasteiger partial charge is 0.468 e. The first-order valence-electron chi connectivity index (χ1n) is 8.75. The van der Waals surface area contributed by atoms with Gasteiger partial charge < -0.3 is 25.9 Å². The molecule has 166 valence electrons. The minimum absolute atomic E-state index is 0.00814. The van der Waals surface area contributed by atoms with Crippen LogP contribution in [-0.2, 0) is 16.1 Å². The topological polar surface area (TPSA) is 203 Å². The number of esters is 1. The lowest BCUT2D eigenvalue weighted by atomic mass is 10.1. The number of nitrogens with two attached hydrogens (primary N) is 1. The molecule has 0 radical (unpaired) electrons. The van der Waals surface area contributed by atoms with Crippen LogP contribution >= 0.6 is 11.3 Å². The van der Waals surface area contributed by atoms with E-state index < -0.39 is 45.7 Å². The highest BCUT2D eigenvalue weighted by Gasteiger charge is 2.36. The van der Waals surface area contributed by atoms with E-state index in [1.165, 1.54) is 13.8 Å². The van der Waals surface area contributed by atoms with Gasteiger partial charge in [-0.25, -0.2) is 4.79 Å². The lowest BCUT2D eigenvalue weighted by Crippen LogP contribution is -2.21. The van der Waals surface area contributed by atoms with Crippen LogP contribution in [0.25, 0.3) is 0 Å². The number of hydrogen-bond acceptors (Lipinski definition) is 10. The molecule has 0 bridgehead atoms. The molecule has 2 rings (SSSR count). The Hall–Kier alpha value is -3.88. The summed E-state index contributed by atoms with van der Waals surface area (Å²) in [6.45, 7) is 3.97. The fourth-order valence-electron chi connectivity index (χ4n) is 2.66. The van der Waals surface area contributed by atoms with Crippen molar-refractivity contribution in [3.63, 3.8) is 0 Å². The van der Waals surface area contributed by atoms with E-state index in [1.807, 2.05) is 0 Å². The van der Waals surface area contributed by atoms with Crippen molar-refractivity contribution in [2.75, 3.05) is 11.9 Å². The third kappa shape index (κ3) is 4.82. The zero-order chi connectivity index (χ0) is 23.5. The fraction of sp³-hybridized carbons (Fsp3) is 0.375. The molecule has 2 aromatic rings. The van der Waals surface area contributed by atoms with Crippen LogP contribution in [-0.4, -0.2) is 44.0 Å². The number of nitro groups is 2. The van der Waals surface area contributed by atoms with Crippen LogP contribution in [0.3, 0.4) is 0 Å². The number of ether oxygens (including phenoxy) is 1. The summed E-state index contributed by atoms with van der Waals surface area (Å²) >= 11 is 0.764. The molecule has 0 saturated carbocycles. The molecule has 0 aliphatic heterocycles. The molecule has 0 unspecified atom stereocenters. The zero-order valence-corrected chi connectivity index (χ0v) is 17.5. The van der Waals surface area contributed by atoms with Gasteiger partial charge in [0.2, 0.25) is 5.91 Å². The molecule has 2 amide bonds. The van der Waals surface area contributed by atoms with Crippen molar-refractivity contribution in [3.05, 3.63) is 41.9 Å². The summed E-state index contributed by atoms with van der Waals surface area (Å²) < 4.78 is 5.88.